The van der Waals surface area contributed by atoms with Crippen LogP contribution in [0.15, 0.2) is 18.2 Å². The van der Waals surface area contributed by atoms with E-state index in [2.05, 4.69) is 46.9 Å². The number of rotatable bonds is 3. The minimum absolute atomic E-state index is 0.251. The predicted molar refractivity (Wildman–Crippen MR) is 77.6 cm³/mol. The monoisotopic (exact) mass is 251 g/mol. The zero-order chi connectivity index (χ0) is 13.3. The SMILES string of the molecule is Cc1c(N)cccc1CO[Si](C)(C)C(C)(C)C. The fourth-order valence-electron chi connectivity index (χ4n) is 1.33. The quantitative estimate of drug-likeness (QED) is 0.648. The lowest BCUT2D eigenvalue weighted by Crippen LogP contribution is -2.40. The lowest BCUT2D eigenvalue weighted by Gasteiger charge is -2.36. The van der Waals surface area contributed by atoms with Gasteiger partial charge in [0.05, 0.1) is 6.61 Å². The Morgan fingerprint density at radius 1 is 1.24 bits per heavy atom. The van der Waals surface area contributed by atoms with Gasteiger partial charge in [0.2, 0.25) is 0 Å². The van der Waals surface area contributed by atoms with E-state index in [1.165, 1.54) is 5.56 Å². The summed E-state index contributed by atoms with van der Waals surface area (Å²) < 4.78 is 6.20. The second-order valence-electron chi connectivity index (χ2n) is 6.18. The summed E-state index contributed by atoms with van der Waals surface area (Å²) in [6, 6.07) is 6.02. The third-order valence-electron chi connectivity index (χ3n) is 3.88. The first-order chi connectivity index (χ1) is 7.65. The first kappa shape index (κ1) is 14.3. The normalized spacial score (nSPS) is 12.8. The minimum atomic E-state index is -1.67. The van der Waals surface area contributed by atoms with Crippen LogP contribution in [0.4, 0.5) is 5.69 Å². The Bertz CT molecular complexity index is 394. The lowest BCUT2D eigenvalue weighted by molar-refractivity contribution is 0.276. The zero-order valence-corrected chi connectivity index (χ0v) is 12.9. The van der Waals surface area contributed by atoms with Gasteiger partial charge in [0.25, 0.3) is 0 Å². The fourth-order valence-corrected chi connectivity index (χ4v) is 2.28. The smallest absolute Gasteiger partial charge is 0.192 e. The van der Waals surface area contributed by atoms with Crippen LogP contribution in [0.5, 0.6) is 0 Å². The summed E-state index contributed by atoms with van der Waals surface area (Å²) in [5, 5.41) is 0.251. The zero-order valence-electron chi connectivity index (χ0n) is 11.9. The molecule has 96 valence electrons. The highest BCUT2D eigenvalue weighted by molar-refractivity contribution is 6.74. The molecule has 1 aromatic rings. The Morgan fingerprint density at radius 2 is 1.82 bits per heavy atom. The Labute approximate surface area is 106 Å². The molecular weight excluding hydrogens is 226 g/mol. The van der Waals surface area contributed by atoms with Crippen molar-refractivity contribution in [2.24, 2.45) is 0 Å². The van der Waals surface area contributed by atoms with Gasteiger partial charge in [-0.15, -0.1) is 0 Å². The van der Waals surface area contributed by atoms with Gasteiger partial charge < -0.3 is 10.2 Å². The van der Waals surface area contributed by atoms with Crippen LogP contribution in [0.1, 0.15) is 31.9 Å². The molecule has 0 atom stereocenters. The van der Waals surface area contributed by atoms with Gasteiger partial charge in [-0.25, -0.2) is 0 Å². The molecule has 17 heavy (non-hydrogen) atoms. The van der Waals surface area contributed by atoms with Crippen LogP contribution in [0.2, 0.25) is 18.1 Å². The van der Waals surface area contributed by atoms with E-state index >= 15 is 0 Å². The highest BCUT2D eigenvalue weighted by Gasteiger charge is 2.37. The van der Waals surface area contributed by atoms with Gasteiger partial charge in [0.1, 0.15) is 0 Å². The number of hydrogen-bond acceptors (Lipinski definition) is 2. The first-order valence-electron chi connectivity index (χ1n) is 6.13. The summed E-state index contributed by atoms with van der Waals surface area (Å²) in [4.78, 5) is 0. The van der Waals surface area contributed by atoms with Gasteiger partial charge in [-0.2, -0.15) is 0 Å². The standard InChI is InChI=1S/C14H25NOSi/c1-11-12(8-7-9-13(11)15)10-16-17(5,6)14(2,3)4/h7-9H,10,15H2,1-6H3. The van der Waals surface area contributed by atoms with Crippen LogP contribution in [0, 0.1) is 6.92 Å². The van der Waals surface area contributed by atoms with Gasteiger partial charge in [0, 0.05) is 5.69 Å². The van der Waals surface area contributed by atoms with Crippen LogP contribution in [-0.4, -0.2) is 8.32 Å². The van der Waals surface area contributed by atoms with Gasteiger partial charge in [0.15, 0.2) is 8.32 Å². The molecule has 2 nitrogen and oxygen atoms in total. The Hall–Kier alpha value is -0.803. The first-order valence-corrected chi connectivity index (χ1v) is 9.04. The van der Waals surface area contributed by atoms with Crippen LogP contribution in [-0.2, 0) is 11.0 Å². The van der Waals surface area contributed by atoms with Crippen LogP contribution in [0.3, 0.4) is 0 Å². The van der Waals surface area contributed by atoms with Crippen molar-refractivity contribution in [2.45, 2.75) is 52.4 Å². The average Bonchev–Trinajstić information content (AvgIpc) is 2.18. The molecule has 0 heterocycles. The molecule has 0 aliphatic carbocycles. The number of hydrogen-bond donors (Lipinski definition) is 1. The van der Waals surface area contributed by atoms with Crippen molar-refractivity contribution in [1.82, 2.24) is 0 Å². The summed E-state index contributed by atoms with van der Waals surface area (Å²) in [7, 11) is -1.67. The Kier molecular flexibility index (Phi) is 4.05. The Balaban J connectivity index is 2.78. The maximum Gasteiger partial charge on any atom is 0.192 e. The second-order valence-corrected chi connectivity index (χ2v) is 11.0. The molecule has 0 amide bonds. The summed E-state index contributed by atoms with van der Waals surface area (Å²) in [6.07, 6.45) is 0. The van der Waals surface area contributed by atoms with Crippen molar-refractivity contribution in [3.05, 3.63) is 29.3 Å². The molecule has 0 radical (unpaired) electrons. The van der Waals surface area contributed by atoms with Gasteiger partial charge in [-0.1, -0.05) is 32.9 Å². The van der Waals surface area contributed by atoms with Crippen molar-refractivity contribution in [3.63, 3.8) is 0 Å². The van der Waals surface area contributed by atoms with E-state index in [0.29, 0.717) is 6.61 Å². The molecule has 3 heteroatoms. The fraction of sp³-hybridized carbons (Fsp3) is 0.571. The van der Waals surface area contributed by atoms with Crippen molar-refractivity contribution < 1.29 is 4.43 Å². The second kappa shape index (κ2) is 4.82. The molecule has 0 spiro atoms. The average molecular weight is 251 g/mol. The maximum absolute atomic E-state index is 6.20. The van der Waals surface area contributed by atoms with Gasteiger partial charge in [-0.3, -0.25) is 0 Å². The number of anilines is 1. The third kappa shape index (κ3) is 3.33. The molecule has 0 aliphatic rings. The molecule has 0 bridgehead atoms. The van der Waals surface area contributed by atoms with Gasteiger partial charge >= 0.3 is 0 Å². The van der Waals surface area contributed by atoms with Crippen molar-refractivity contribution in [3.8, 4) is 0 Å². The highest BCUT2D eigenvalue weighted by atomic mass is 28.4. The van der Waals surface area contributed by atoms with E-state index in [-0.39, 0.29) is 5.04 Å². The van der Waals surface area contributed by atoms with E-state index in [9.17, 15) is 0 Å². The predicted octanol–water partition coefficient (Wildman–Crippen LogP) is 4.10. The molecule has 0 saturated carbocycles. The molecular formula is C14H25NOSi. The topological polar surface area (TPSA) is 35.2 Å². The molecule has 1 aromatic carbocycles. The summed E-state index contributed by atoms with van der Waals surface area (Å²) >= 11 is 0. The van der Waals surface area contributed by atoms with Crippen molar-refractivity contribution in [1.29, 1.82) is 0 Å². The molecule has 0 unspecified atom stereocenters. The summed E-state index contributed by atoms with van der Waals surface area (Å²) in [6.45, 7) is 14.0. The molecule has 0 fully saturated rings. The summed E-state index contributed by atoms with van der Waals surface area (Å²) in [5.41, 5.74) is 9.10. The van der Waals surface area contributed by atoms with Crippen molar-refractivity contribution >= 4 is 14.0 Å². The minimum Gasteiger partial charge on any atom is -0.413 e. The van der Waals surface area contributed by atoms with Gasteiger partial charge in [-0.05, 0) is 42.2 Å². The van der Waals surface area contributed by atoms with E-state index in [1.807, 2.05) is 12.1 Å². The van der Waals surface area contributed by atoms with Crippen molar-refractivity contribution in [2.75, 3.05) is 5.73 Å². The van der Waals surface area contributed by atoms with E-state index in [4.69, 9.17) is 10.2 Å². The van der Waals surface area contributed by atoms with Crippen LogP contribution < -0.4 is 5.73 Å². The molecule has 0 saturated heterocycles. The molecule has 2 N–H and O–H groups in total. The molecule has 0 aromatic heterocycles. The molecule has 1 rings (SSSR count). The highest BCUT2D eigenvalue weighted by Crippen LogP contribution is 2.37. The van der Waals surface area contributed by atoms with Crippen LogP contribution in [0.25, 0.3) is 0 Å². The maximum atomic E-state index is 6.20. The lowest BCUT2D eigenvalue weighted by atomic mass is 10.1. The molecule has 0 aliphatic heterocycles. The largest absolute Gasteiger partial charge is 0.413 e. The third-order valence-corrected chi connectivity index (χ3v) is 8.36. The number of benzene rings is 1. The Morgan fingerprint density at radius 3 is 2.35 bits per heavy atom. The number of nitrogen functional groups attached to an aromatic ring is 1. The number of nitrogens with two attached hydrogens (primary N) is 1. The van der Waals surface area contributed by atoms with Crippen LogP contribution >= 0.6 is 0 Å². The van der Waals surface area contributed by atoms with E-state index < -0.39 is 8.32 Å². The van der Waals surface area contributed by atoms with E-state index in [1.54, 1.807) is 0 Å². The summed E-state index contributed by atoms with van der Waals surface area (Å²) in [5.74, 6) is 0. The van der Waals surface area contributed by atoms with E-state index in [0.717, 1.165) is 11.3 Å².